The predicted octanol–water partition coefficient (Wildman–Crippen LogP) is 1.20. The van der Waals surface area contributed by atoms with E-state index in [4.69, 9.17) is 0 Å². The highest BCUT2D eigenvalue weighted by Crippen LogP contribution is 2.17. The van der Waals surface area contributed by atoms with Gasteiger partial charge in [0.1, 0.15) is 4.88 Å². The van der Waals surface area contributed by atoms with Crippen molar-refractivity contribution in [1.29, 1.82) is 0 Å². The molecule has 0 atom stereocenters. The van der Waals surface area contributed by atoms with Crippen LogP contribution in [0.5, 0.6) is 0 Å². The van der Waals surface area contributed by atoms with Crippen molar-refractivity contribution in [2.45, 2.75) is 32.2 Å². The van der Waals surface area contributed by atoms with E-state index in [1.54, 1.807) is 25.0 Å². The summed E-state index contributed by atoms with van der Waals surface area (Å²) in [5, 5.41) is 3.10. The maximum absolute atomic E-state index is 12.4. The van der Waals surface area contributed by atoms with E-state index in [1.807, 2.05) is 11.8 Å². The molecule has 1 amide bonds. The molecule has 1 saturated heterocycles. The van der Waals surface area contributed by atoms with Crippen LogP contribution in [0.3, 0.4) is 0 Å². The van der Waals surface area contributed by atoms with Crippen LogP contribution in [0.2, 0.25) is 0 Å². The zero-order valence-corrected chi connectivity index (χ0v) is 14.7. The van der Waals surface area contributed by atoms with Crippen molar-refractivity contribution in [3.63, 3.8) is 0 Å². The van der Waals surface area contributed by atoms with Gasteiger partial charge in [-0.05, 0) is 19.3 Å². The van der Waals surface area contributed by atoms with Gasteiger partial charge in [-0.3, -0.25) is 9.59 Å². The Kier molecular flexibility index (Phi) is 4.94. The maximum Gasteiger partial charge on any atom is 0.293 e. The van der Waals surface area contributed by atoms with Crippen molar-refractivity contribution < 1.29 is 4.79 Å². The molecule has 0 aliphatic carbocycles. The lowest BCUT2D eigenvalue weighted by atomic mass is 10.0. The number of nitrogens with zero attached hydrogens (tertiary/aromatic N) is 4. The molecule has 3 rings (SSSR count). The largest absolute Gasteiger partial charge is 0.352 e. The minimum Gasteiger partial charge on any atom is -0.352 e. The minimum absolute atomic E-state index is 0.0402. The van der Waals surface area contributed by atoms with E-state index in [9.17, 15) is 9.59 Å². The number of amides is 1. The van der Waals surface area contributed by atoms with Crippen LogP contribution in [0, 0.1) is 0 Å². The molecule has 1 N–H and O–H groups in total. The van der Waals surface area contributed by atoms with Gasteiger partial charge < -0.3 is 14.8 Å². The number of anilines is 1. The Morgan fingerprint density at radius 3 is 2.83 bits per heavy atom. The lowest BCUT2D eigenvalue weighted by molar-refractivity contribution is 0.0934. The second-order valence-electron chi connectivity index (χ2n) is 5.88. The number of thiazole rings is 1. The molecule has 7 nitrogen and oxygen atoms in total. The monoisotopic (exact) mass is 347 g/mol. The summed E-state index contributed by atoms with van der Waals surface area (Å²) in [6.45, 7) is 3.42. The number of hydrogen-bond donors (Lipinski definition) is 1. The van der Waals surface area contributed by atoms with Gasteiger partial charge in [-0.1, -0.05) is 6.92 Å². The average Bonchev–Trinajstić information content (AvgIpc) is 3.07. The first kappa shape index (κ1) is 16.6. The van der Waals surface area contributed by atoms with Crippen LogP contribution in [0.25, 0.3) is 0 Å². The summed E-state index contributed by atoms with van der Waals surface area (Å²) >= 11 is 1.38. The topological polar surface area (TPSA) is 80.1 Å². The molecule has 1 fully saturated rings. The maximum atomic E-state index is 12.4. The van der Waals surface area contributed by atoms with Gasteiger partial charge in [-0.25, -0.2) is 9.97 Å². The van der Waals surface area contributed by atoms with Gasteiger partial charge in [0.05, 0.1) is 11.2 Å². The smallest absolute Gasteiger partial charge is 0.293 e. The average molecular weight is 347 g/mol. The summed E-state index contributed by atoms with van der Waals surface area (Å²) in [6, 6.07) is 0.119. The first-order chi connectivity index (χ1) is 11.6. The molecule has 0 radical (unpaired) electrons. The molecule has 24 heavy (non-hydrogen) atoms. The molecule has 128 valence electrons. The van der Waals surface area contributed by atoms with Gasteiger partial charge in [-0.15, -0.1) is 11.3 Å². The van der Waals surface area contributed by atoms with Crippen LogP contribution >= 0.6 is 11.3 Å². The molecular formula is C16H21N5O2S. The van der Waals surface area contributed by atoms with Gasteiger partial charge in [0.15, 0.2) is 5.82 Å². The Bertz CT molecular complexity index is 777. The van der Waals surface area contributed by atoms with Crippen LogP contribution in [0.4, 0.5) is 5.82 Å². The van der Waals surface area contributed by atoms with Crippen molar-refractivity contribution in [1.82, 2.24) is 19.9 Å². The van der Waals surface area contributed by atoms with E-state index in [0.29, 0.717) is 23.8 Å². The number of rotatable bonds is 4. The Hall–Kier alpha value is -2.22. The lowest BCUT2D eigenvalue weighted by Gasteiger charge is -2.32. The first-order valence-corrected chi connectivity index (χ1v) is 8.98. The Morgan fingerprint density at radius 1 is 1.38 bits per heavy atom. The molecule has 8 heteroatoms. The number of aromatic nitrogens is 3. The highest BCUT2D eigenvalue weighted by Gasteiger charge is 2.24. The summed E-state index contributed by atoms with van der Waals surface area (Å²) < 4.78 is 1.53. The molecule has 2 aromatic rings. The van der Waals surface area contributed by atoms with Gasteiger partial charge >= 0.3 is 0 Å². The van der Waals surface area contributed by atoms with E-state index < -0.39 is 0 Å². The van der Waals surface area contributed by atoms with Crippen LogP contribution in [-0.4, -0.2) is 39.6 Å². The van der Waals surface area contributed by atoms with Gasteiger partial charge in [-0.2, -0.15) is 0 Å². The molecule has 0 saturated carbocycles. The third-order valence-corrected chi connectivity index (χ3v) is 5.18. The summed E-state index contributed by atoms with van der Waals surface area (Å²) in [4.78, 5) is 35.7. The highest BCUT2D eigenvalue weighted by molar-refractivity contribution is 7.11. The molecule has 0 aromatic carbocycles. The molecule has 2 aromatic heterocycles. The van der Waals surface area contributed by atoms with E-state index in [2.05, 4.69) is 15.3 Å². The molecule has 1 aliphatic heterocycles. The Morgan fingerprint density at radius 2 is 2.12 bits per heavy atom. The fraction of sp³-hybridized carbons (Fsp3) is 0.500. The third-order valence-electron chi connectivity index (χ3n) is 4.31. The van der Waals surface area contributed by atoms with E-state index in [-0.39, 0.29) is 17.5 Å². The van der Waals surface area contributed by atoms with Crippen molar-refractivity contribution in [2.75, 3.05) is 18.0 Å². The normalized spacial score (nSPS) is 15.5. The molecule has 0 spiro atoms. The van der Waals surface area contributed by atoms with E-state index in [0.717, 1.165) is 25.0 Å². The van der Waals surface area contributed by atoms with Crippen molar-refractivity contribution in [3.8, 4) is 0 Å². The summed E-state index contributed by atoms with van der Waals surface area (Å²) in [7, 11) is 1.72. The zero-order valence-electron chi connectivity index (χ0n) is 13.9. The Balaban J connectivity index is 1.60. The van der Waals surface area contributed by atoms with Crippen LogP contribution in [-0.2, 0) is 13.5 Å². The van der Waals surface area contributed by atoms with Crippen molar-refractivity contribution >= 4 is 23.1 Å². The lowest BCUT2D eigenvalue weighted by Crippen LogP contribution is -2.46. The zero-order chi connectivity index (χ0) is 17.1. The van der Waals surface area contributed by atoms with Crippen molar-refractivity contribution in [3.05, 3.63) is 38.8 Å². The van der Waals surface area contributed by atoms with Gasteiger partial charge in [0, 0.05) is 38.6 Å². The molecule has 0 bridgehead atoms. The standard InChI is InChI=1S/C16H21N5O2S/c1-3-12-13(24-10-18-12)15(22)19-11-4-7-21(8-5-11)14-16(23)20(2)9-6-17-14/h6,9-11H,3-5,7-8H2,1-2H3,(H,19,22). The second kappa shape index (κ2) is 7.12. The van der Waals surface area contributed by atoms with E-state index >= 15 is 0 Å². The minimum atomic E-state index is -0.0859. The quantitative estimate of drug-likeness (QED) is 0.899. The summed E-state index contributed by atoms with van der Waals surface area (Å²) in [5.41, 5.74) is 2.48. The van der Waals surface area contributed by atoms with Crippen LogP contribution < -0.4 is 15.8 Å². The number of hydrogen-bond acceptors (Lipinski definition) is 6. The number of piperidine rings is 1. The summed E-state index contributed by atoms with van der Waals surface area (Å²) in [5.74, 6) is 0.446. The fourth-order valence-corrected chi connectivity index (χ4v) is 3.68. The van der Waals surface area contributed by atoms with Crippen LogP contribution in [0.1, 0.15) is 35.1 Å². The van der Waals surface area contributed by atoms with Gasteiger partial charge in [0.25, 0.3) is 11.5 Å². The Labute approximate surface area is 144 Å². The van der Waals surface area contributed by atoms with Gasteiger partial charge in [0.2, 0.25) is 0 Å². The number of carbonyl (C=O) groups is 1. The number of aryl methyl sites for hydroxylation is 2. The summed E-state index contributed by atoms with van der Waals surface area (Å²) in [6.07, 6.45) is 5.64. The molecule has 0 unspecified atom stereocenters. The van der Waals surface area contributed by atoms with E-state index in [1.165, 1.54) is 15.9 Å². The molecule has 1 aliphatic rings. The number of carbonyl (C=O) groups excluding carboxylic acids is 1. The number of nitrogens with one attached hydrogen (secondary N) is 1. The fourth-order valence-electron chi connectivity index (χ4n) is 2.89. The predicted molar refractivity (Wildman–Crippen MR) is 93.7 cm³/mol. The third kappa shape index (κ3) is 3.33. The molecule has 3 heterocycles. The first-order valence-electron chi connectivity index (χ1n) is 8.10. The SMILES string of the molecule is CCc1ncsc1C(=O)NC1CCN(c2nccn(C)c2=O)CC1. The second-order valence-corrected chi connectivity index (χ2v) is 6.74. The van der Waals surface area contributed by atoms with Crippen molar-refractivity contribution in [2.24, 2.45) is 7.05 Å². The van der Waals surface area contributed by atoms with Crippen LogP contribution in [0.15, 0.2) is 22.7 Å². The highest BCUT2D eigenvalue weighted by atomic mass is 32.1. The molecular weight excluding hydrogens is 326 g/mol.